The molecule has 0 saturated carbocycles. The zero-order chi connectivity index (χ0) is 12.1. The van der Waals surface area contributed by atoms with Gasteiger partial charge in [0.25, 0.3) is 0 Å². The van der Waals surface area contributed by atoms with Crippen LogP contribution in [0, 0.1) is 0 Å². The Morgan fingerprint density at radius 3 is 2.33 bits per heavy atom. The molecule has 0 fully saturated rings. The van der Waals surface area contributed by atoms with Crippen molar-refractivity contribution in [1.29, 1.82) is 0 Å². The number of carbonyl (C=O) groups is 1. The third-order valence-corrected chi connectivity index (χ3v) is 1.30. The van der Waals surface area contributed by atoms with Crippen LogP contribution < -0.4 is 5.73 Å². The number of nitrogens with zero attached hydrogens (tertiary/aromatic N) is 1. The van der Waals surface area contributed by atoms with E-state index in [0.29, 0.717) is 6.20 Å². The molecular formula is C8H9F3N2O2. The van der Waals surface area contributed by atoms with Gasteiger partial charge in [-0.05, 0) is 0 Å². The summed E-state index contributed by atoms with van der Waals surface area (Å²) in [5, 5.41) is 8.45. The first-order valence-corrected chi connectivity index (χ1v) is 3.72. The van der Waals surface area contributed by atoms with Crippen molar-refractivity contribution in [1.82, 2.24) is 0 Å². The van der Waals surface area contributed by atoms with E-state index >= 15 is 0 Å². The van der Waals surface area contributed by atoms with E-state index in [1.165, 1.54) is 0 Å². The fraction of sp³-hybridized carbons (Fsp3) is 0.250. The molecule has 15 heavy (non-hydrogen) atoms. The molecule has 0 amide bonds. The minimum absolute atomic E-state index is 0.334. The third-order valence-electron chi connectivity index (χ3n) is 1.30. The summed E-state index contributed by atoms with van der Waals surface area (Å²) in [7, 11) is 0. The molecule has 0 aliphatic heterocycles. The van der Waals surface area contributed by atoms with Gasteiger partial charge in [-0.1, -0.05) is 6.08 Å². The highest BCUT2D eigenvalue weighted by molar-refractivity contribution is 6.21. The van der Waals surface area contributed by atoms with E-state index in [4.69, 9.17) is 10.8 Å². The number of hydrogen-bond donors (Lipinski definition) is 2. The predicted molar refractivity (Wildman–Crippen MR) is 48.5 cm³/mol. The summed E-state index contributed by atoms with van der Waals surface area (Å²) in [5.41, 5.74) is 2.20. The van der Waals surface area contributed by atoms with Gasteiger partial charge < -0.3 is 10.8 Å². The van der Waals surface area contributed by atoms with Crippen molar-refractivity contribution in [3.8, 4) is 0 Å². The summed E-state index contributed by atoms with van der Waals surface area (Å²) in [6, 6.07) is 0. The van der Waals surface area contributed by atoms with Gasteiger partial charge in [-0.2, -0.15) is 13.2 Å². The molecule has 84 valence electrons. The normalized spacial score (nSPS) is 13.8. The van der Waals surface area contributed by atoms with Crippen molar-refractivity contribution in [3.05, 3.63) is 24.4 Å². The van der Waals surface area contributed by atoms with E-state index in [-0.39, 0.29) is 6.54 Å². The highest BCUT2D eigenvalue weighted by atomic mass is 19.4. The first-order valence-electron chi connectivity index (χ1n) is 3.72. The van der Waals surface area contributed by atoms with Crippen LogP contribution in [0.1, 0.15) is 0 Å². The average Bonchev–Trinajstić information content (AvgIpc) is 2.09. The van der Waals surface area contributed by atoms with Crippen molar-refractivity contribution >= 4 is 11.7 Å². The van der Waals surface area contributed by atoms with E-state index in [0.717, 1.165) is 6.08 Å². The topological polar surface area (TPSA) is 75.7 Å². The minimum Gasteiger partial charge on any atom is -0.478 e. The van der Waals surface area contributed by atoms with Gasteiger partial charge in [0.15, 0.2) is 5.71 Å². The van der Waals surface area contributed by atoms with Gasteiger partial charge >= 0.3 is 12.1 Å². The zero-order valence-corrected chi connectivity index (χ0v) is 7.58. The van der Waals surface area contributed by atoms with Gasteiger partial charge in [0.2, 0.25) is 0 Å². The van der Waals surface area contributed by atoms with Crippen LogP contribution in [0.2, 0.25) is 0 Å². The maximum atomic E-state index is 12.3. The molecule has 4 nitrogen and oxygen atoms in total. The lowest BCUT2D eigenvalue weighted by molar-refractivity contribution is -0.132. The Hall–Kier alpha value is -1.79. The lowest BCUT2D eigenvalue weighted by Crippen LogP contribution is -2.29. The minimum atomic E-state index is -4.85. The second-order valence-corrected chi connectivity index (χ2v) is 2.36. The van der Waals surface area contributed by atoms with Gasteiger partial charge in [-0.25, -0.2) is 4.79 Å². The Labute approximate surface area is 83.6 Å². The van der Waals surface area contributed by atoms with Crippen LogP contribution >= 0.6 is 0 Å². The van der Waals surface area contributed by atoms with Gasteiger partial charge in [0.05, 0.1) is 6.54 Å². The smallest absolute Gasteiger partial charge is 0.433 e. The molecule has 0 heterocycles. The maximum absolute atomic E-state index is 12.3. The number of hydrogen-bond acceptors (Lipinski definition) is 3. The molecule has 0 bridgehead atoms. The molecule has 7 heteroatoms. The lowest BCUT2D eigenvalue weighted by Gasteiger charge is -2.10. The first-order chi connectivity index (χ1) is 6.84. The standard InChI is InChI=1S/C8H9F3N2O2/c1-2-3-13-6(8(9,10)11)5(4-12)7(14)15/h2,4H,1,3,12H2,(H,14,15). The van der Waals surface area contributed by atoms with Crippen molar-refractivity contribution in [2.75, 3.05) is 6.54 Å². The molecule has 0 aliphatic rings. The van der Waals surface area contributed by atoms with Gasteiger partial charge in [-0.3, -0.25) is 4.99 Å². The quantitative estimate of drug-likeness (QED) is 0.425. The van der Waals surface area contributed by atoms with Crippen LogP contribution in [-0.4, -0.2) is 29.5 Å². The monoisotopic (exact) mass is 222 g/mol. The number of aliphatic imine (C=N–C) groups is 1. The largest absolute Gasteiger partial charge is 0.478 e. The second-order valence-electron chi connectivity index (χ2n) is 2.36. The Bertz CT molecular complexity index is 318. The van der Waals surface area contributed by atoms with Crippen LogP contribution in [0.3, 0.4) is 0 Å². The Balaban J connectivity index is 5.29. The van der Waals surface area contributed by atoms with Crippen LogP contribution in [0.15, 0.2) is 29.4 Å². The van der Waals surface area contributed by atoms with Crippen molar-refractivity contribution in [2.24, 2.45) is 10.7 Å². The SMILES string of the molecule is C=CCN=C(C(=CN)C(=O)O)C(F)(F)F. The van der Waals surface area contributed by atoms with Crippen molar-refractivity contribution < 1.29 is 23.1 Å². The molecule has 0 saturated heterocycles. The van der Waals surface area contributed by atoms with Crippen molar-refractivity contribution in [3.63, 3.8) is 0 Å². The maximum Gasteiger partial charge on any atom is 0.433 e. The highest BCUT2D eigenvalue weighted by Crippen LogP contribution is 2.22. The first kappa shape index (κ1) is 13.2. The van der Waals surface area contributed by atoms with Gasteiger partial charge in [0, 0.05) is 6.20 Å². The summed E-state index contributed by atoms with van der Waals surface area (Å²) in [4.78, 5) is 13.5. The van der Waals surface area contributed by atoms with E-state index in [9.17, 15) is 18.0 Å². The molecule has 0 unspecified atom stereocenters. The molecule has 0 radical (unpaired) electrons. The summed E-state index contributed by atoms with van der Waals surface area (Å²) < 4.78 is 36.9. The van der Waals surface area contributed by atoms with E-state index in [1.807, 2.05) is 0 Å². The fourth-order valence-electron chi connectivity index (χ4n) is 0.735. The van der Waals surface area contributed by atoms with E-state index in [1.54, 1.807) is 0 Å². The molecule has 3 N–H and O–H groups in total. The highest BCUT2D eigenvalue weighted by Gasteiger charge is 2.40. The number of alkyl halides is 3. The lowest BCUT2D eigenvalue weighted by atomic mass is 10.1. The van der Waals surface area contributed by atoms with Crippen molar-refractivity contribution in [2.45, 2.75) is 6.18 Å². The summed E-state index contributed by atoms with van der Waals surface area (Å²) in [6.45, 7) is 2.84. The van der Waals surface area contributed by atoms with Crippen LogP contribution in [0.4, 0.5) is 13.2 Å². The molecule has 0 spiro atoms. The molecule has 0 atom stereocenters. The second kappa shape index (κ2) is 5.18. The molecular weight excluding hydrogens is 213 g/mol. The van der Waals surface area contributed by atoms with Crippen LogP contribution in [-0.2, 0) is 4.79 Å². The Kier molecular flexibility index (Phi) is 4.56. The third kappa shape index (κ3) is 3.84. The van der Waals surface area contributed by atoms with E-state index < -0.39 is 23.4 Å². The number of carboxylic acids is 1. The Morgan fingerprint density at radius 1 is 1.53 bits per heavy atom. The van der Waals surface area contributed by atoms with Gasteiger partial charge in [0.1, 0.15) is 5.57 Å². The zero-order valence-electron chi connectivity index (χ0n) is 7.58. The average molecular weight is 222 g/mol. The molecule has 0 aromatic heterocycles. The summed E-state index contributed by atoms with van der Waals surface area (Å²) in [6.07, 6.45) is -3.38. The molecule has 0 aliphatic carbocycles. The van der Waals surface area contributed by atoms with E-state index in [2.05, 4.69) is 11.6 Å². The molecule has 0 rings (SSSR count). The molecule has 0 aromatic rings. The van der Waals surface area contributed by atoms with Crippen LogP contribution in [0.25, 0.3) is 0 Å². The van der Waals surface area contributed by atoms with Crippen LogP contribution in [0.5, 0.6) is 0 Å². The van der Waals surface area contributed by atoms with Gasteiger partial charge in [-0.15, -0.1) is 6.58 Å². The Morgan fingerprint density at radius 2 is 2.07 bits per heavy atom. The number of aliphatic carboxylic acids is 1. The number of nitrogens with two attached hydrogens (primary N) is 1. The summed E-state index contributed by atoms with van der Waals surface area (Å²) in [5.74, 6) is -1.78. The predicted octanol–water partition coefficient (Wildman–Crippen LogP) is 1.10. The number of halogens is 3. The number of carboxylic acid groups (broad SMARTS) is 1. The summed E-state index contributed by atoms with van der Waals surface area (Å²) >= 11 is 0. The fourth-order valence-corrected chi connectivity index (χ4v) is 0.735. The number of rotatable bonds is 4. The molecule has 0 aromatic carbocycles.